The Balaban J connectivity index is 1.90. The second-order valence-corrected chi connectivity index (χ2v) is 7.76. The van der Waals surface area contributed by atoms with E-state index in [2.05, 4.69) is 5.32 Å². The largest absolute Gasteiger partial charge is 0.481 e. The van der Waals surface area contributed by atoms with Crippen LogP contribution < -0.4 is 5.32 Å². The third-order valence-electron chi connectivity index (χ3n) is 5.47. The van der Waals surface area contributed by atoms with E-state index in [1.807, 2.05) is 4.90 Å². The van der Waals surface area contributed by atoms with Gasteiger partial charge in [-0.1, -0.05) is 12.8 Å². The smallest absolute Gasteiger partial charge is 0.309 e. The van der Waals surface area contributed by atoms with Crippen LogP contribution in [0.1, 0.15) is 58.8 Å². The van der Waals surface area contributed by atoms with E-state index in [1.54, 1.807) is 13.8 Å². The highest BCUT2D eigenvalue weighted by molar-refractivity contribution is 5.88. The van der Waals surface area contributed by atoms with Crippen LogP contribution in [0.5, 0.6) is 0 Å². The zero-order valence-electron chi connectivity index (χ0n) is 14.8. The van der Waals surface area contributed by atoms with Crippen molar-refractivity contribution in [2.24, 2.45) is 17.3 Å². The molecular weight excluding hydrogens is 308 g/mol. The van der Waals surface area contributed by atoms with E-state index in [0.717, 1.165) is 51.6 Å². The number of nitrogens with one attached hydrogen (secondary N) is 1. The molecule has 2 fully saturated rings. The molecule has 1 saturated heterocycles. The molecule has 0 aromatic heterocycles. The van der Waals surface area contributed by atoms with Crippen LogP contribution in [0, 0.1) is 17.3 Å². The molecule has 1 saturated carbocycles. The standard InChI is InChI=1S/C18H30N2O4/c1-18(2,17(23)24)9-10-19-15(21)13-7-3-4-8-14(13)16(22)20-11-5-6-12-20/h13-14H,3-12H2,1-2H3,(H,19,21)(H,23,24). The van der Waals surface area contributed by atoms with Crippen LogP contribution in [0.15, 0.2) is 0 Å². The Kier molecular flexibility index (Phi) is 6.24. The van der Waals surface area contributed by atoms with E-state index in [1.165, 1.54) is 0 Å². The van der Waals surface area contributed by atoms with Gasteiger partial charge in [0.1, 0.15) is 0 Å². The lowest BCUT2D eigenvalue weighted by molar-refractivity contribution is -0.147. The van der Waals surface area contributed by atoms with Gasteiger partial charge in [-0.15, -0.1) is 0 Å². The molecule has 2 amide bonds. The number of carbonyl (C=O) groups excluding carboxylic acids is 2. The maximum absolute atomic E-state index is 12.7. The fourth-order valence-electron chi connectivity index (χ4n) is 3.65. The number of rotatable bonds is 6. The number of carboxylic acids is 1. The lowest BCUT2D eigenvalue weighted by atomic mass is 9.77. The van der Waals surface area contributed by atoms with Crippen LogP contribution in [0.4, 0.5) is 0 Å². The van der Waals surface area contributed by atoms with E-state index < -0.39 is 11.4 Å². The molecule has 1 heterocycles. The maximum atomic E-state index is 12.7. The van der Waals surface area contributed by atoms with E-state index in [9.17, 15) is 14.4 Å². The summed E-state index contributed by atoms with van der Waals surface area (Å²) in [5, 5.41) is 12.0. The first kappa shape index (κ1) is 18.7. The summed E-state index contributed by atoms with van der Waals surface area (Å²) in [5.41, 5.74) is -0.857. The summed E-state index contributed by atoms with van der Waals surface area (Å²) in [4.78, 5) is 38.3. The Morgan fingerprint density at radius 2 is 1.62 bits per heavy atom. The van der Waals surface area contributed by atoms with Crippen LogP contribution in [0.3, 0.4) is 0 Å². The van der Waals surface area contributed by atoms with Gasteiger partial charge in [-0.2, -0.15) is 0 Å². The molecular formula is C18H30N2O4. The van der Waals surface area contributed by atoms with Gasteiger partial charge < -0.3 is 15.3 Å². The minimum atomic E-state index is -0.864. The average Bonchev–Trinajstić information content (AvgIpc) is 3.08. The SMILES string of the molecule is CC(C)(CCNC(=O)C1CCCCC1C(=O)N1CCCC1)C(=O)O. The lowest BCUT2D eigenvalue weighted by Gasteiger charge is -2.32. The molecule has 6 nitrogen and oxygen atoms in total. The van der Waals surface area contributed by atoms with Gasteiger partial charge in [-0.25, -0.2) is 0 Å². The first-order valence-corrected chi connectivity index (χ1v) is 9.13. The normalized spacial score (nSPS) is 24.7. The molecule has 2 aliphatic rings. The van der Waals surface area contributed by atoms with Crippen molar-refractivity contribution < 1.29 is 19.5 Å². The number of hydrogen-bond donors (Lipinski definition) is 2. The number of nitrogens with zero attached hydrogens (tertiary/aromatic N) is 1. The van der Waals surface area contributed by atoms with Gasteiger partial charge in [0.2, 0.25) is 11.8 Å². The zero-order valence-corrected chi connectivity index (χ0v) is 14.8. The monoisotopic (exact) mass is 338 g/mol. The van der Waals surface area contributed by atoms with Crippen LogP contribution >= 0.6 is 0 Å². The molecule has 1 aliphatic heterocycles. The number of carboxylic acid groups (broad SMARTS) is 1. The zero-order chi connectivity index (χ0) is 17.7. The minimum Gasteiger partial charge on any atom is -0.481 e. The molecule has 24 heavy (non-hydrogen) atoms. The van der Waals surface area contributed by atoms with E-state index in [-0.39, 0.29) is 23.7 Å². The van der Waals surface area contributed by atoms with Gasteiger partial charge in [-0.05, 0) is 46.0 Å². The molecule has 136 valence electrons. The van der Waals surface area contributed by atoms with Crippen molar-refractivity contribution in [1.29, 1.82) is 0 Å². The summed E-state index contributed by atoms with van der Waals surface area (Å²) in [6.45, 7) is 5.27. The number of likely N-dealkylation sites (tertiary alicyclic amines) is 1. The molecule has 0 aromatic carbocycles. The fraction of sp³-hybridized carbons (Fsp3) is 0.833. The van der Waals surface area contributed by atoms with Gasteiger partial charge in [0.15, 0.2) is 0 Å². The van der Waals surface area contributed by atoms with Gasteiger partial charge in [0, 0.05) is 31.5 Å². The number of carbonyl (C=O) groups is 3. The summed E-state index contributed by atoms with van der Waals surface area (Å²) < 4.78 is 0. The van der Waals surface area contributed by atoms with Gasteiger partial charge in [0.05, 0.1) is 5.41 Å². The Labute approximate surface area is 144 Å². The Morgan fingerprint density at radius 3 is 2.21 bits per heavy atom. The van der Waals surface area contributed by atoms with Crippen LogP contribution in [-0.4, -0.2) is 47.4 Å². The number of aliphatic carboxylic acids is 1. The quantitative estimate of drug-likeness (QED) is 0.776. The highest BCUT2D eigenvalue weighted by Crippen LogP contribution is 2.32. The van der Waals surface area contributed by atoms with Crippen LogP contribution in [0.2, 0.25) is 0 Å². The molecule has 2 atom stereocenters. The van der Waals surface area contributed by atoms with E-state index in [0.29, 0.717) is 13.0 Å². The van der Waals surface area contributed by atoms with Gasteiger partial charge in [0.25, 0.3) is 0 Å². The summed E-state index contributed by atoms with van der Waals surface area (Å²) in [6, 6.07) is 0. The molecule has 2 unspecified atom stereocenters. The molecule has 0 aromatic rings. The Bertz CT molecular complexity index is 483. The van der Waals surface area contributed by atoms with Crippen molar-refractivity contribution in [3.8, 4) is 0 Å². The van der Waals surface area contributed by atoms with Crippen molar-refractivity contribution in [2.45, 2.75) is 58.8 Å². The van der Waals surface area contributed by atoms with E-state index >= 15 is 0 Å². The highest BCUT2D eigenvalue weighted by atomic mass is 16.4. The molecule has 0 spiro atoms. The second-order valence-electron chi connectivity index (χ2n) is 7.76. The summed E-state index contributed by atoms with van der Waals surface area (Å²) >= 11 is 0. The van der Waals surface area contributed by atoms with Gasteiger partial charge >= 0.3 is 5.97 Å². The molecule has 0 radical (unpaired) electrons. The highest BCUT2D eigenvalue weighted by Gasteiger charge is 2.38. The Hall–Kier alpha value is -1.59. The Morgan fingerprint density at radius 1 is 1.04 bits per heavy atom. The molecule has 0 bridgehead atoms. The van der Waals surface area contributed by atoms with Gasteiger partial charge in [-0.3, -0.25) is 14.4 Å². The van der Waals surface area contributed by atoms with Crippen molar-refractivity contribution >= 4 is 17.8 Å². The average molecular weight is 338 g/mol. The minimum absolute atomic E-state index is 0.0894. The molecule has 2 N–H and O–H groups in total. The maximum Gasteiger partial charge on any atom is 0.309 e. The summed E-state index contributed by atoms with van der Waals surface area (Å²) in [6.07, 6.45) is 6.00. The topological polar surface area (TPSA) is 86.7 Å². The lowest BCUT2D eigenvalue weighted by Crippen LogP contribution is -2.45. The third kappa shape index (κ3) is 4.48. The first-order chi connectivity index (χ1) is 11.3. The second kappa shape index (κ2) is 7.99. The van der Waals surface area contributed by atoms with Crippen molar-refractivity contribution in [3.05, 3.63) is 0 Å². The summed E-state index contributed by atoms with van der Waals surface area (Å²) in [7, 11) is 0. The summed E-state index contributed by atoms with van der Waals surface area (Å²) in [5.74, 6) is -1.28. The molecule has 6 heteroatoms. The predicted molar refractivity (Wildman–Crippen MR) is 90.3 cm³/mol. The third-order valence-corrected chi connectivity index (χ3v) is 5.47. The molecule has 1 aliphatic carbocycles. The molecule has 2 rings (SSSR count). The van der Waals surface area contributed by atoms with Crippen LogP contribution in [0.25, 0.3) is 0 Å². The van der Waals surface area contributed by atoms with Crippen molar-refractivity contribution in [1.82, 2.24) is 10.2 Å². The van der Waals surface area contributed by atoms with Crippen molar-refractivity contribution in [3.63, 3.8) is 0 Å². The number of amides is 2. The fourth-order valence-corrected chi connectivity index (χ4v) is 3.65. The number of hydrogen-bond acceptors (Lipinski definition) is 3. The van der Waals surface area contributed by atoms with E-state index in [4.69, 9.17) is 5.11 Å². The predicted octanol–water partition coefficient (Wildman–Crippen LogP) is 2.03. The van der Waals surface area contributed by atoms with Crippen LogP contribution in [-0.2, 0) is 14.4 Å². The first-order valence-electron chi connectivity index (χ1n) is 9.13. The van der Waals surface area contributed by atoms with Crippen molar-refractivity contribution in [2.75, 3.05) is 19.6 Å².